The van der Waals surface area contributed by atoms with Gasteiger partial charge in [0.15, 0.2) is 0 Å². The Kier molecular flexibility index (Phi) is 11.9. The van der Waals surface area contributed by atoms with Gasteiger partial charge in [0.05, 0.1) is 9.85 Å². The number of guanidine groups is 1. The number of rotatable bonds is 8. The molecule has 4 amide bonds. The van der Waals surface area contributed by atoms with Gasteiger partial charge in [-0.05, 0) is 56.2 Å². The van der Waals surface area contributed by atoms with Gasteiger partial charge in [-0.25, -0.2) is 19.4 Å². The van der Waals surface area contributed by atoms with Crippen molar-refractivity contribution in [3.8, 4) is 0 Å². The first kappa shape index (κ1) is 34.7. The van der Waals surface area contributed by atoms with Crippen molar-refractivity contribution >= 4 is 41.5 Å². The average molecular weight is 644 g/mol. The lowest BCUT2D eigenvalue weighted by molar-refractivity contribution is -0.385. The zero-order valence-corrected chi connectivity index (χ0v) is 25.3. The highest BCUT2D eigenvalue weighted by Crippen LogP contribution is 2.14. The number of hydrogen-bond acceptors (Lipinski definition) is 12. The summed E-state index contributed by atoms with van der Waals surface area (Å²) in [6.45, 7) is 5.09. The van der Waals surface area contributed by atoms with Gasteiger partial charge in [-0.2, -0.15) is 0 Å². The third-order valence-corrected chi connectivity index (χ3v) is 6.13. The van der Waals surface area contributed by atoms with Crippen LogP contribution in [-0.2, 0) is 32.2 Å². The van der Waals surface area contributed by atoms with Gasteiger partial charge >= 0.3 is 18.3 Å². The maximum absolute atomic E-state index is 12.9. The molecule has 18 heteroatoms. The van der Waals surface area contributed by atoms with E-state index < -0.39 is 52.1 Å². The van der Waals surface area contributed by atoms with E-state index in [0.29, 0.717) is 11.1 Å². The lowest BCUT2D eigenvalue weighted by Crippen LogP contribution is -2.52. The SMILES string of the molecule is CC(C)(C)OC(=O)N1CCN(C(=O)CN=C(NC(=O)OCc2ccc([N+](=O)[O-])cc2)NC(=O)OCc2ccc([N+](=O)[O-])cc2)CC1. The number of nitrogens with zero attached hydrogens (tertiary/aromatic N) is 5. The molecule has 0 spiro atoms. The molecular weight excluding hydrogens is 610 g/mol. The monoisotopic (exact) mass is 643 g/mol. The lowest BCUT2D eigenvalue weighted by Gasteiger charge is -2.35. The average Bonchev–Trinajstić information content (AvgIpc) is 3.01. The standard InChI is InChI=1S/C28H33N7O11/c1-28(2,3)46-27(39)33-14-12-32(13-15-33)23(36)16-29-24(30-25(37)44-17-19-4-8-21(9-5-19)34(40)41)31-26(38)45-18-20-6-10-22(11-7-20)35(42)43/h4-11H,12-18H2,1-3H3,(H2,29,30,31,37,38). The van der Waals surface area contributed by atoms with E-state index in [4.69, 9.17) is 14.2 Å². The summed E-state index contributed by atoms with van der Waals surface area (Å²) in [6, 6.07) is 10.6. The topological polar surface area (TPSA) is 225 Å². The number of nitrogens with one attached hydrogen (secondary N) is 2. The number of alkyl carbamates (subject to hydrolysis) is 2. The molecule has 1 aliphatic heterocycles. The molecule has 18 nitrogen and oxygen atoms in total. The number of benzene rings is 2. The second-order valence-corrected chi connectivity index (χ2v) is 10.8. The molecule has 246 valence electrons. The van der Waals surface area contributed by atoms with Gasteiger partial charge in [-0.3, -0.25) is 35.7 Å². The van der Waals surface area contributed by atoms with E-state index in [2.05, 4.69) is 15.6 Å². The van der Waals surface area contributed by atoms with Crippen molar-refractivity contribution in [3.05, 3.63) is 79.9 Å². The predicted molar refractivity (Wildman–Crippen MR) is 160 cm³/mol. The first-order valence-electron chi connectivity index (χ1n) is 13.8. The molecule has 2 aromatic carbocycles. The number of carbonyl (C=O) groups is 4. The summed E-state index contributed by atoms with van der Waals surface area (Å²) < 4.78 is 15.6. The highest BCUT2D eigenvalue weighted by atomic mass is 16.6. The Morgan fingerprint density at radius 3 is 1.57 bits per heavy atom. The summed E-state index contributed by atoms with van der Waals surface area (Å²) in [4.78, 5) is 77.6. The maximum atomic E-state index is 12.9. The highest BCUT2D eigenvalue weighted by molar-refractivity contribution is 6.02. The Hall–Kier alpha value is -5.81. The molecule has 1 heterocycles. The van der Waals surface area contributed by atoms with Crippen LogP contribution in [0.4, 0.5) is 25.8 Å². The molecule has 1 fully saturated rings. The van der Waals surface area contributed by atoms with Gasteiger partial charge in [0.25, 0.3) is 11.4 Å². The van der Waals surface area contributed by atoms with Crippen LogP contribution in [0.25, 0.3) is 0 Å². The van der Waals surface area contributed by atoms with E-state index in [9.17, 15) is 39.4 Å². The van der Waals surface area contributed by atoms with Crippen molar-refractivity contribution in [2.45, 2.75) is 39.6 Å². The van der Waals surface area contributed by atoms with E-state index >= 15 is 0 Å². The second-order valence-electron chi connectivity index (χ2n) is 10.8. The zero-order valence-electron chi connectivity index (χ0n) is 25.3. The zero-order chi connectivity index (χ0) is 33.9. The van der Waals surface area contributed by atoms with Crippen molar-refractivity contribution in [2.75, 3.05) is 32.7 Å². The Morgan fingerprint density at radius 2 is 1.17 bits per heavy atom. The van der Waals surface area contributed by atoms with Crippen LogP contribution >= 0.6 is 0 Å². The minimum atomic E-state index is -1.06. The van der Waals surface area contributed by atoms with E-state index in [1.165, 1.54) is 58.3 Å². The maximum Gasteiger partial charge on any atom is 0.414 e. The molecule has 0 bridgehead atoms. The molecule has 0 aliphatic carbocycles. The van der Waals surface area contributed by atoms with Crippen LogP contribution in [0.15, 0.2) is 53.5 Å². The number of aliphatic imine (C=N–C) groups is 1. The fourth-order valence-electron chi connectivity index (χ4n) is 3.81. The number of hydrogen-bond donors (Lipinski definition) is 2. The van der Waals surface area contributed by atoms with Crippen LogP contribution in [0.3, 0.4) is 0 Å². The van der Waals surface area contributed by atoms with E-state index in [1.807, 2.05) is 0 Å². The molecule has 2 N–H and O–H groups in total. The fraction of sp³-hybridized carbons (Fsp3) is 0.393. The normalized spacial score (nSPS) is 12.8. The molecular formula is C28H33N7O11. The van der Waals surface area contributed by atoms with Gasteiger partial charge in [0, 0.05) is 50.4 Å². The van der Waals surface area contributed by atoms with Crippen LogP contribution in [0.2, 0.25) is 0 Å². The van der Waals surface area contributed by atoms with Crippen LogP contribution in [0.1, 0.15) is 31.9 Å². The number of amides is 4. The first-order valence-corrected chi connectivity index (χ1v) is 13.8. The summed E-state index contributed by atoms with van der Waals surface area (Å²) in [5.74, 6) is -0.924. The Labute approximate surface area is 262 Å². The van der Waals surface area contributed by atoms with E-state index in [-0.39, 0.29) is 50.8 Å². The number of ether oxygens (including phenoxy) is 3. The summed E-state index contributed by atoms with van der Waals surface area (Å²) in [5, 5.41) is 26.1. The van der Waals surface area contributed by atoms with Crippen LogP contribution in [0.5, 0.6) is 0 Å². The molecule has 46 heavy (non-hydrogen) atoms. The van der Waals surface area contributed by atoms with Gasteiger partial charge in [0.1, 0.15) is 25.4 Å². The van der Waals surface area contributed by atoms with Crippen molar-refractivity contribution in [1.29, 1.82) is 0 Å². The molecule has 0 saturated carbocycles. The largest absolute Gasteiger partial charge is 0.444 e. The third-order valence-electron chi connectivity index (χ3n) is 6.13. The molecule has 1 saturated heterocycles. The molecule has 0 aromatic heterocycles. The quantitative estimate of drug-likeness (QED) is 0.140. The van der Waals surface area contributed by atoms with Crippen molar-refractivity contribution in [2.24, 2.45) is 4.99 Å². The molecule has 2 aromatic rings. The van der Waals surface area contributed by atoms with Crippen molar-refractivity contribution in [3.63, 3.8) is 0 Å². The Morgan fingerprint density at radius 1 is 0.761 bits per heavy atom. The smallest absolute Gasteiger partial charge is 0.414 e. The fourth-order valence-corrected chi connectivity index (χ4v) is 3.81. The van der Waals surface area contributed by atoms with Gasteiger partial charge in [-0.15, -0.1) is 0 Å². The molecule has 0 atom stereocenters. The Balaban J connectivity index is 1.60. The molecule has 0 radical (unpaired) electrons. The Bertz CT molecular complexity index is 1390. The van der Waals surface area contributed by atoms with Gasteiger partial charge in [-0.1, -0.05) is 0 Å². The molecule has 3 rings (SSSR count). The van der Waals surface area contributed by atoms with Crippen LogP contribution in [-0.4, -0.2) is 88.1 Å². The van der Waals surface area contributed by atoms with E-state index in [0.717, 1.165) is 0 Å². The minimum absolute atomic E-state index is 0.144. The van der Waals surface area contributed by atoms with Crippen molar-refractivity contribution < 1.29 is 43.2 Å². The summed E-state index contributed by atoms with van der Waals surface area (Å²) >= 11 is 0. The minimum Gasteiger partial charge on any atom is -0.444 e. The van der Waals surface area contributed by atoms with E-state index in [1.54, 1.807) is 20.8 Å². The number of nitro groups is 2. The summed E-state index contributed by atoms with van der Waals surface area (Å²) in [5.41, 5.74) is -0.0722. The van der Waals surface area contributed by atoms with Crippen LogP contribution in [0, 0.1) is 20.2 Å². The second kappa shape index (κ2) is 15.8. The summed E-state index contributed by atoms with van der Waals surface area (Å²) in [7, 11) is 0. The summed E-state index contributed by atoms with van der Waals surface area (Å²) in [6.07, 6.45) is -2.62. The number of carbonyl (C=O) groups excluding carboxylic acids is 4. The van der Waals surface area contributed by atoms with Gasteiger partial charge < -0.3 is 24.0 Å². The van der Waals surface area contributed by atoms with Crippen molar-refractivity contribution in [1.82, 2.24) is 20.4 Å². The number of non-ortho nitro benzene ring substituents is 2. The highest BCUT2D eigenvalue weighted by Gasteiger charge is 2.27. The predicted octanol–water partition coefficient (Wildman–Crippen LogP) is 3.09. The third kappa shape index (κ3) is 11.4. The van der Waals surface area contributed by atoms with Gasteiger partial charge in [0.2, 0.25) is 11.9 Å². The molecule has 0 unspecified atom stereocenters. The first-order chi connectivity index (χ1) is 21.7. The number of nitro benzene ring substituents is 2. The lowest BCUT2D eigenvalue weighted by atomic mass is 10.2. The molecule has 1 aliphatic rings. The number of piperazine rings is 1. The van der Waals surface area contributed by atoms with Crippen LogP contribution < -0.4 is 10.6 Å².